The average molecular weight is 948 g/mol. The highest BCUT2D eigenvalue weighted by Crippen LogP contribution is 2.40. The molecule has 4 aromatic rings. The van der Waals surface area contributed by atoms with Crippen molar-refractivity contribution in [2.45, 2.75) is 90.2 Å². The van der Waals surface area contributed by atoms with Gasteiger partial charge in [0.2, 0.25) is 11.9 Å². The minimum absolute atomic E-state index is 0.220. The van der Waals surface area contributed by atoms with E-state index in [-0.39, 0.29) is 12.3 Å². The van der Waals surface area contributed by atoms with E-state index in [2.05, 4.69) is 67.7 Å². The van der Waals surface area contributed by atoms with Crippen LogP contribution in [0, 0.1) is 34.0 Å². The van der Waals surface area contributed by atoms with Gasteiger partial charge < -0.3 is 39.6 Å². The third-order valence-electron chi connectivity index (χ3n) is 14.4. The number of carbonyl (C=O) groups excluding carboxylic acids is 2. The smallest absolute Gasteiger partial charge is 0.242 e. The second-order valence-corrected chi connectivity index (χ2v) is 19.3. The second-order valence-electron chi connectivity index (χ2n) is 18.9. The van der Waals surface area contributed by atoms with Gasteiger partial charge in [0, 0.05) is 70.5 Å². The number of hydrogen-bond donors (Lipinski definition) is 2. The average Bonchev–Trinajstić information content (AvgIpc) is 3.37. The lowest BCUT2D eigenvalue weighted by Gasteiger charge is -2.42. The van der Waals surface area contributed by atoms with Crippen molar-refractivity contribution in [1.29, 1.82) is 5.26 Å². The number of nitrogens with one attached hydrogen (secondary N) is 2. The highest BCUT2D eigenvalue weighted by atomic mass is 35.5. The van der Waals surface area contributed by atoms with Crippen LogP contribution >= 0.6 is 11.6 Å². The van der Waals surface area contributed by atoms with E-state index in [1.165, 1.54) is 17.9 Å². The number of aromatic nitrogens is 2. The molecule has 3 aliphatic rings. The van der Waals surface area contributed by atoms with Crippen molar-refractivity contribution in [3.63, 3.8) is 0 Å². The van der Waals surface area contributed by atoms with Gasteiger partial charge in [0.15, 0.2) is 5.75 Å². The number of benzene rings is 3. The predicted octanol–water partition coefficient (Wildman–Crippen LogP) is 8.77. The van der Waals surface area contributed by atoms with Gasteiger partial charge in [-0.1, -0.05) is 37.6 Å². The Labute approximate surface area is 406 Å². The van der Waals surface area contributed by atoms with Crippen molar-refractivity contribution in [2.75, 3.05) is 86.6 Å². The van der Waals surface area contributed by atoms with Crippen LogP contribution < -0.4 is 34.9 Å². The fourth-order valence-corrected chi connectivity index (χ4v) is 10.4. The number of nitrogens with zero attached hydrogens (tertiary/aromatic N) is 8. The highest BCUT2D eigenvalue weighted by Gasteiger charge is 2.32. The van der Waals surface area contributed by atoms with Crippen LogP contribution in [-0.2, 0) is 21.6 Å². The largest absolute Gasteiger partial charge is 0.491 e. The summed E-state index contributed by atoms with van der Waals surface area (Å²) >= 11 is 6.56. The van der Waals surface area contributed by atoms with Crippen LogP contribution in [0.15, 0.2) is 72.1 Å². The molecule has 16 heteroatoms. The lowest BCUT2D eigenvalue weighted by molar-refractivity contribution is -0.121. The Hall–Kier alpha value is -5.98. The summed E-state index contributed by atoms with van der Waals surface area (Å²) < 4.78 is 11.8. The number of nitriles is 1. The Balaban J connectivity index is 0.834. The van der Waals surface area contributed by atoms with Gasteiger partial charge in [0.25, 0.3) is 0 Å². The third-order valence-corrected chi connectivity index (χ3v) is 14.7. The van der Waals surface area contributed by atoms with Gasteiger partial charge in [-0.2, -0.15) is 5.26 Å². The molecular weight excluding hydrogens is 880 g/mol. The maximum atomic E-state index is 12.5. The number of carbonyl (C=O) groups is 2. The number of halogens is 1. The van der Waals surface area contributed by atoms with Crippen LogP contribution in [0.5, 0.6) is 11.5 Å². The van der Waals surface area contributed by atoms with E-state index in [1.807, 2.05) is 61.7 Å². The monoisotopic (exact) mass is 946 g/mol. The van der Waals surface area contributed by atoms with Crippen molar-refractivity contribution in [3.8, 4) is 17.6 Å². The molecule has 1 atom stereocenters. The highest BCUT2D eigenvalue weighted by molar-refractivity contribution is 6.32. The number of piperidine rings is 3. The van der Waals surface area contributed by atoms with Crippen molar-refractivity contribution in [1.82, 2.24) is 20.2 Å². The van der Waals surface area contributed by atoms with Crippen LogP contribution in [0.2, 0.25) is 5.02 Å². The number of hydrogen-bond acceptors (Lipinski definition) is 13. The molecule has 3 fully saturated rings. The molecule has 0 aliphatic carbocycles. The first-order valence-electron chi connectivity index (χ1n) is 24.2. The molecule has 68 heavy (non-hydrogen) atoms. The number of ether oxygens (including phenoxy) is 2. The molecule has 1 unspecified atom stereocenters. The minimum atomic E-state index is -0.611. The normalized spacial score (nSPS) is 17.0. The number of anilines is 4. The second kappa shape index (κ2) is 23.4. The van der Waals surface area contributed by atoms with Gasteiger partial charge in [-0.15, -0.1) is 4.91 Å². The molecule has 1 amide bonds. The molecule has 362 valence electrons. The molecule has 7 rings (SSSR count). The molecule has 1 aromatic heterocycles. The van der Waals surface area contributed by atoms with Crippen LogP contribution in [0.4, 0.5) is 23.0 Å². The maximum Gasteiger partial charge on any atom is 0.242 e. The zero-order chi connectivity index (χ0) is 48.2. The SMILES string of the molecule is CCOc1c(Cl)cc(C(C)(C)c2ccc(OCc3ccnc(N4CCC(CN5CCC(C6CCN(c7ccc(NC(CCC=O)C(=O)NC)c(N(C)N=O)c7)CC6)CC5)CC4)n3)cc2)cc1C#N. The molecule has 0 bridgehead atoms. The van der Waals surface area contributed by atoms with Crippen LogP contribution in [0.25, 0.3) is 0 Å². The first-order chi connectivity index (χ1) is 32.9. The van der Waals surface area contributed by atoms with Crippen LogP contribution in [-0.4, -0.2) is 99.6 Å². The standard InChI is InChI=1S/C52H67ClN10O5/c1-6-67-49-39(33-54)30-41(31-45(49)53)52(2,3)40-9-12-44(13-10-40)68-35-42-15-22-56-51(57-42)63-25-16-36(17-26-63)34-61-23-18-37(19-24-61)38-20-27-62(28-21-38)43-11-14-46(48(32-43)60(5)59-66)58-47(8-7-29-64)50(65)55-4/h9-15,22,29-32,36-38,47,58H,6-8,16-21,23-28,34-35H2,1-5H3,(H,55,65). The first-order valence-corrected chi connectivity index (χ1v) is 24.6. The molecule has 3 saturated heterocycles. The molecule has 15 nitrogen and oxygen atoms in total. The van der Waals surface area contributed by atoms with Crippen molar-refractivity contribution >= 4 is 46.8 Å². The zero-order valence-corrected chi connectivity index (χ0v) is 41.0. The molecule has 4 heterocycles. The fourth-order valence-electron chi connectivity index (χ4n) is 10.2. The summed E-state index contributed by atoms with van der Waals surface area (Å²) in [6.45, 7) is 14.1. The molecule has 3 aliphatic heterocycles. The first kappa shape index (κ1) is 49.9. The number of rotatable bonds is 20. The minimum Gasteiger partial charge on any atom is -0.491 e. The number of nitroso groups, excluding NO2 is 1. The number of amides is 1. The summed E-state index contributed by atoms with van der Waals surface area (Å²) in [7, 11) is 3.17. The van der Waals surface area contributed by atoms with E-state index < -0.39 is 11.5 Å². The summed E-state index contributed by atoms with van der Waals surface area (Å²) in [5.41, 5.74) is 5.09. The van der Waals surface area contributed by atoms with E-state index in [9.17, 15) is 19.8 Å². The Bertz CT molecular complexity index is 2370. The molecule has 0 saturated carbocycles. The Morgan fingerprint density at radius 2 is 1.65 bits per heavy atom. The van der Waals surface area contributed by atoms with E-state index in [0.717, 1.165) is 118 Å². The lowest BCUT2D eigenvalue weighted by Crippen LogP contribution is -2.44. The van der Waals surface area contributed by atoms with E-state index >= 15 is 0 Å². The van der Waals surface area contributed by atoms with Gasteiger partial charge in [-0.05, 0) is 142 Å². The molecule has 2 N–H and O–H groups in total. The molecular formula is C52H67ClN10O5. The van der Waals surface area contributed by atoms with Crippen molar-refractivity contribution in [3.05, 3.63) is 99.2 Å². The Morgan fingerprint density at radius 1 is 0.956 bits per heavy atom. The topological polar surface area (TPSA) is 169 Å². The van der Waals surface area contributed by atoms with Gasteiger partial charge in [-0.25, -0.2) is 15.0 Å². The van der Waals surface area contributed by atoms with E-state index in [1.54, 1.807) is 14.1 Å². The van der Waals surface area contributed by atoms with E-state index in [0.29, 0.717) is 59.2 Å². The van der Waals surface area contributed by atoms with Gasteiger partial charge in [0.05, 0.1) is 39.5 Å². The summed E-state index contributed by atoms with van der Waals surface area (Å²) in [6.07, 6.45) is 10.2. The Kier molecular flexibility index (Phi) is 17.1. The predicted molar refractivity (Wildman–Crippen MR) is 269 cm³/mol. The molecule has 3 aromatic carbocycles. The molecule has 0 radical (unpaired) electrons. The maximum absolute atomic E-state index is 12.5. The van der Waals surface area contributed by atoms with Gasteiger partial charge >= 0.3 is 0 Å². The summed E-state index contributed by atoms with van der Waals surface area (Å²) in [5.74, 6) is 3.82. The fraction of sp³-hybridized carbons (Fsp3) is 0.519. The number of likely N-dealkylation sites (tertiary alicyclic amines) is 1. The third kappa shape index (κ3) is 12.2. The summed E-state index contributed by atoms with van der Waals surface area (Å²) in [4.78, 5) is 52.1. The number of likely N-dealkylation sites (N-methyl/N-ethyl adjacent to an activating group) is 1. The van der Waals surface area contributed by atoms with Crippen LogP contribution in [0.3, 0.4) is 0 Å². The summed E-state index contributed by atoms with van der Waals surface area (Å²) in [5, 5.41) is 20.5. The van der Waals surface area contributed by atoms with Crippen molar-refractivity contribution in [2.24, 2.45) is 23.0 Å². The van der Waals surface area contributed by atoms with Crippen LogP contribution in [0.1, 0.15) is 94.5 Å². The van der Waals surface area contributed by atoms with Gasteiger partial charge in [0.1, 0.15) is 30.8 Å². The molecule has 0 spiro atoms. The van der Waals surface area contributed by atoms with E-state index in [4.69, 9.17) is 26.1 Å². The quantitative estimate of drug-likeness (QED) is 0.0491. The van der Waals surface area contributed by atoms with Crippen molar-refractivity contribution < 1.29 is 19.1 Å². The lowest BCUT2D eigenvalue weighted by atomic mass is 9.77. The number of aldehydes is 1. The Morgan fingerprint density at radius 3 is 2.29 bits per heavy atom. The zero-order valence-electron chi connectivity index (χ0n) is 40.3. The van der Waals surface area contributed by atoms with Gasteiger partial charge in [-0.3, -0.25) is 4.79 Å². The summed E-state index contributed by atoms with van der Waals surface area (Å²) in [6, 6.07) is 21.2.